The fourth-order valence-electron chi connectivity index (χ4n) is 3.30. The van der Waals surface area contributed by atoms with Crippen molar-refractivity contribution in [3.8, 4) is 0 Å². The lowest BCUT2D eigenvalue weighted by Gasteiger charge is -2.35. The lowest BCUT2D eigenvalue weighted by molar-refractivity contribution is -0.118. The molecular weight excluding hydrogens is 328 g/mol. The van der Waals surface area contributed by atoms with Crippen LogP contribution in [0.4, 0.5) is 10.5 Å². The Balaban J connectivity index is 1.94. The standard InChI is InChI=1S/C21H32N2O3/c1-5-19(24)23(18-11-7-6-8-12-18)15-13-17-10-9-14-22(16-17)20(25)26-21(2,3)4/h6-8,11-12,17H,5,9-10,13-16H2,1-4H3. The molecule has 1 aromatic carbocycles. The second-order valence-corrected chi connectivity index (χ2v) is 7.96. The van der Waals surface area contributed by atoms with E-state index in [1.54, 1.807) is 0 Å². The molecule has 0 spiro atoms. The molecule has 5 heteroatoms. The zero-order valence-corrected chi connectivity index (χ0v) is 16.5. The van der Waals surface area contributed by atoms with Gasteiger partial charge in [-0.25, -0.2) is 4.79 Å². The van der Waals surface area contributed by atoms with Crippen molar-refractivity contribution in [2.45, 2.75) is 59.0 Å². The first-order valence-electron chi connectivity index (χ1n) is 9.63. The quantitative estimate of drug-likeness (QED) is 0.778. The van der Waals surface area contributed by atoms with Crippen molar-refractivity contribution < 1.29 is 14.3 Å². The van der Waals surface area contributed by atoms with Crippen LogP contribution in [0, 0.1) is 5.92 Å². The highest BCUT2D eigenvalue weighted by Crippen LogP contribution is 2.24. The van der Waals surface area contributed by atoms with Gasteiger partial charge in [-0.3, -0.25) is 4.79 Å². The van der Waals surface area contributed by atoms with Gasteiger partial charge in [0.25, 0.3) is 0 Å². The molecule has 0 aromatic heterocycles. The van der Waals surface area contributed by atoms with E-state index in [1.807, 2.05) is 67.8 Å². The minimum Gasteiger partial charge on any atom is -0.444 e. The Labute approximate surface area is 157 Å². The van der Waals surface area contributed by atoms with Crippen LogP contribution in [0.15, 0.2) is 30.3 Å². The summed E-state index contributed by atoms with van der Waals surface area (Å²) >= 11 is 0. The van der Waals surface area contributed by atoms with E-state index in [-0.39, 0.29) is 12.0 Å². The zero-order valence-electron chi connectivity index (χ0n) is 16.5. The molecule has 1 unspecified atom stereocenters. The van der Waals surface area contributed by atoms with Gasteiger partial charge in [0.05, 0.1) is 0 Å². The number of amides is 2. The Morgan fingerprint density at radius 3 is 2.54 bits per heavy atom. The number of carbonyl (C=O) groups is 2. The number of hydrogen-bond acceptors (Lipinski definition) is 3. The fraction of sp³-hybridized carbons (Fsp3) is 0.619. The van der Waals surface area contributed by atoms with Gasteiger partial charge in [0.15, 0.2) is 0 Å². The Hall–Kier alpha value is -2.04. The number of hydrogen-bond donors (Lipinski definition) is 0. The summed E-state index contributed by atoms with van der Waals surface area (Å²) in [7, 11) is 0. The molecule has 1 saturated heterocycles. The summed E-state index contributed by atoms with van der Waals surface area (Å²) in [6.07, 6.45) is 3.22. The minimum absolute atomic E-state index is 0.135. The minimum atomic E-state index is -0.471. The summed E-state index contributed by atoms with van der Waals surface area (Å²) in [6.45, 7) is 9.70. The number of piperidine rings is 1. The SMILES string of the molecule is CCC(=O)N(CCC1CCCN(C(=O)OC(C)(C)C)C1)c1ccccc1. The Kier molecular flexibility index (Phi) is 7.06. The molecule has 1 aromatic rings. The molecule has 1 atom stereocenters. The van der Waals surface area contributed by atoms with Crippen molar-refractivity contribution in [2.24, 2.45) is 5.92 Å². The Bertz CT molecular complexity index is 595. The molecule has 1 aliphatic heterocycles. The van der Waals surface area contributed by atoms with E-state index in [9.17, 15) is 9.59 Å². The first kappa shape index (κ1) is 20.3. The Morgan fingerprint density at radius 2 is 1.92 bits per heavy atom. The second-order valence-electron chi connectivity index (χ2n) is 7.96. The van der Waals surface area contributed by atoms with E-state index >= 15 is 0 Å². The lowest BCUT2D eigenvalue weighted by Crippen LogP contribution is -2.43. The lowest BCUT2D eigenvalue weighted by atomic mass is 9.94. The fourth-order valence-corrected chi connectivity index (χ4v) is 3.30. The van der Waals surface area contributed by atoms with Crippen molar-refractivity contribution in [2.75, 3.05) is 24.5 Å². The third-order valence-corrected chi connectivity index (χ3v) is 4.60. The summed E-state index contributed by atoms with van der Waals surface area (Å²) < 4.78 is 5.50. The molecule has 5 nitrogen and oxygen atoms in total. The van der Waals surface area contributed by atoms with Crippen LogP contribution in [0.25, 0.3) is 0 Å². The molecule has 0 radical (unpaired) electrons. The van der Waals surface area contributed by atoms with Gasteiger partial charge >= 0.3 is 6.09 Å². The number of carbonyl (C=O) groups excluding carboxylic acids is 2. The summed E-state index contributed by atoms with van der Waals surface area (Å²) in [5.41, 5.74) is 0.473. The van der Waals surface area contributed by atoms with E-state index < -0.39 is 5.60 Å². The monoisotopic (exact) mass is 360 g/mol. The predicted molar refractivity (Wildman–Crippen MR) is 104 cm³/mol. The number of likely N-dealkylation sites (tertiary alicyclic amines) is 1. The first-order chi connectivity index (χ1) is 12.3. The summed E-state index contributed by atoms with van der Waals surface area (Å²) in [4.78, 5) is 28.3. The maximum absolute atomic E-state index is 12.4. The van der Waals surface area contributed by atoms with Crippen molar-refractivity contribution in [1.29, 1.82) is 0 Å². The van der Waals surface area contributed by atoms with Gasteiger partial charge in [0.1, 0.15) is 5.60 Å². The molecule has 1 heterocycles. The van der Waals surface area contributed by atoms with Crippen molar-refractivity contribution in [3.63, 3.8) is 0 Å². The molecular formula is C21H32N2O3. The summed E-state index contributed by atoms with van der Waals surface area (Å²) in [5, 5.41) is 0. The number of nitrogens with zero attached hydrogens (tertiary/aromatic N) is 2. The first-order valence-corrected chi connectivity index (χ1v) is 9.63. The van der Waals surface area contributed by atoms with Crippen LogP contribution < -0.4 is 4.90 Å². The molecule has 144 valence electrons. The van der Waals surface area contributed by atoms with Gasteiger partial charge in [-0.1, -0.05) is 25.1 Å². The topological polar surface area (TPSA) is 49.9 Å². The van der Waals surface area contributed by atoms with Crippen molar-refractivity contribution >= 4 is 17.7 Å². The Morgan fingerprint density at radius 1 is 1.23 bits per heavy atom. The molecule has 1 fully saturated rings. The van der Waals surface area contributed by atoms with Crippen LogP contribution in [0.1, 0.15) is 53.4 Å². The van der Waals surface area contributed by atoms with Crippen LogP contribution in [0.3, 0.4) is 0 Å². The summed E-state index contributed by atoms with van der Waals surface area (Å²) in [6, 6.07) is 9.81. The van der Waals surface area contributed by atoms with Crippen LogP contribution in [-0.2, 0) is 9.53 Å². The van der Waals surface area contributed by atoms with Crippen LogP contribution in [-0.4, -0.2) is 42.1 Å². The zero-order chi connectivity index (χ0) is 19.2. The molecule has 0 saturated carbocycles. The number of para-hydroxylation sites is 1. The largest absolute Gasteiger partial charge is 0.444 e. The third kappa shape index (κ3) is 6.04. The average Bonchev–Trinajstić information content (AvgIpc) is 2.61. The van der Waals surface area contributed by atoms with Crippen molar-refractivity contribution in [1.82, 2.24) is 4.90 Å². The van der Waals surface area contributed by atoms with Gasteiger partial charge in [0.2, 0.25) is 5.91 Å². The van der Waals surface area contributed by atoms with Gasteiger partial charge in [-0.2, -0.15) is 0 Å². The van der Waals surface area contributed by atoms with Crippen LogP contribution in [0.5, 0.6) is 0 Å². The smallest absolute Gasteiger partial charge is 0.410 e. The van der Waals surface area contributed by atoms with Crippen LogP contribution >= 0.6 is 0 Å². The number of ether oxygens (including phenoxy) is 1. The van der Waals surface area contributed by atoms with E-state index in [0.29, 0.717) is 25.4 Å². The maximum atomic E-state index is 12.4. The molecule has 2 rings (SSSR count). The third-order valence-electron chi connectivity index (χ3n) is 4.60. The second kappa shape index (κ2) is 9.06. The molecule has 0 bridgehead atoms. The highest BCUT2D eigenvalue weighted by molar-refractivity contribution is 5.93. The maximum Gasteiger partial charge on any atom is 0.410 e. The van der Waals surface area contributed by atoms with Crippen LogP contribution in [0.2, 0.25) is 0 Å². The molecule has 0 N–H and O–H groups in total. The average molecular weight is 360 g/mol. The van der Waals surface area contributed by atoms with E-state index in [4.69, 9.17) is 4.74 Å². The molecule has 26 heavy (non-hydrogen) atoms. The van der Waals surface area contributed by atoms with Gasteiger partial charge in [-0.05, 0) is 58.1 Å². The van der Waals surface area contributed by atoms with E-state index in [1.165, 1.54) is 0 Å². The number of benzene rings is 1. The number of rotatable bonds is 5. The number of anilines is 1. The normalized spacial score (nSPS) is 17.7. The predicted octanol–water partition coefficient (Wildman–Crippen LogP) is 4.47. The van der Waals surface area contributed by atoms with E-state index in [0.717, 1.165) is 31.5 Å². The van der Waals surface area contributed by atoms with Gasteiger partial charge in [-0.15, -0.1) is 0 Å². The van der Waals surface area contributed by atoms with Crippen molar-refractivity contribution in [3.05, 3.63) is 30.3 Å². The summed E-state index contributed by atoms with van der Waals surface area (Å²) in [5.74, 6) is 0.531. The van der Waals surface area contributed by atoms with Gasteiger partial charge in [0, 0.05) is 31.7 Å². The highest BCUT2D eigenvalue weighted by atomic mass is 16.6. The molecule has 2 amide bonds. The molecule has 1 aliphatic rings. The van der Waals surface area contributed by atoms with E-state index in [2.05, 4.69) is 0 Å². The molecule has 0 aliphatic carbocycles. The highest BCUT2D eigenvalue weighted by Gasteiger charge is 2.28. The van der Waals surface area contributed by atoms with Gasteiger partial charge < -0.3 is 14.5 Å².